The van der Waals surface area contributed by atoms with Gasteiger partial charge in [-0.25, -0.2) is 13.9 Å². The van der Waals surface area contributed by atoms with E-state index >= 15 is 0 Å². The highest BCUT2D eigenvalue weighted by Gasteiger charge is 2.14. The molecule has 2 heterocycles. The quantitative estimate of drug-likeness (QED) is 0.774. The lowest BCUT2D eigenvalue weighted by Crippen LogP contribution is -2.24. The number of amides is 1. The molecular weight excluding hydrogens is 353 g/mol. The van der Waals surface area contributed by atoms with Crippen LogP contribution in [0.3, 0.4) is 0 Å². The second-order valence-corrected chi connectivity index (χ2v) is 5.51. The summed E-state index contributed by atoms with van der Waals surface area (Å²) in [6.07, 6.45) is 1.60. The Balaban J connectivity index is 1.78. The van der Waals surface area contributed by atoms with Gasteiger partial charge >= 0.3 is 0 Å². The minimum atomic E-state index is -0.443. The van der Waals surface area contributed by atoms with Gasteiger partial charge in [0.15, 0.2) is 0 Å². The minimum absolute atomic E-state index is 0.0225. The van der Waals surface area contributed by atoms with Crippen LogP contribution in [0.25, 0.3) is 5.78 Å². The van der Waals surface area contributed by atoms with E-state index in [4.69, 9.17) is 0 Å². The van der Waals surface area contributed by atoms with Gasteiger partial charge in [0.2, 0.25) is 5.82 Å². The fourth-order valence-electron chi connectivity index (χ4n) is 1.94. The van der Waals surface area contributed by atoms with Crippen molar-refractivity contribution in [2.75, 3.05) is 0 Å². The molecule has 2 aromatic heterocycles. The predicted octanol–water partition coefficient (Wildman–Crippen LogP) is 2.26. The molecule has 0 atom stereocenters. The molecule has 0 aliphatic heterocycles. The largest absolute Gasteiger partial charge is 0.345 e. The van der Waals surface area contributed by atoms with Crippen LogP contribution in [0.5, 0.6) is 0 Å². The van der Waals surface area contributed by atoms with Crippen molar-refractivity contribution in [1.29, 1.82) is 0 Å². The fraction of sp³-hybridized carbons (Fsp3) is 0.143. The Morgan fingerprint density at radius 3 is 3.00 bits per heavy atom. The third-order valence-electron chi connectivity index (χ3n) is 3.08. The summed E-state index contributed by atoms with van der Waals surface area (Å²) < 4.78 is 15.4. The van der Waals surface area contributed by atoms with Crippen molar-refractivity contribution in [3.8, 4) is 0 Å². The van der Waals surface area contributed by atoms with Crippen molar-refractivity contribution in [2.45, 2.75) is 13.5 Å². The van der Waals surface area contributed by atoms with Gasteiger partial charge in [-0.05, 0) is 36.8 Å². The van der Waals surface area contributed by atoms with E-state index in [2.05, 4.69) is 36.3 Å². The molecule has 0 aliphatic rings. The maximum absolute atomic E-state index is 13.2. The van der Waals surface area contributed by atoms with Crippen molar-refractivity contribution in [2.24, 2.45) is 0 Å². The van der Waals surface area contributed by atoms with Crippen LogP contribution in [-0.2, 0) is 6.54 Å². The SMILES string of the molecule is Cc1ccnc2nc(C(=O)NCc3cc(F)ccc3Br)nn12. The van der Waals surface area contributed by atoms with Crippen LogP contribution in [0.4, 0.5) is 4.39 Å². The molecule has 0 bridgehead atoms. The number of fused-ring (bicyclic) bond motifs is 1. The molecule has 8 heteroatoms. The number of rotatable bonds is 3. The maximum Gasteiger partial charge on any atom is 0.291 e. The Hall–Kier alpha value is -2.35. The molecule has 0 fully saturated rings. The molecule has 0 unspecified atom stereocenters. The smallest absolute Gasteiger partial charge is 0.291 e. The van der Waals surface area contributed by atoms with Gasteiger partial charge in [-0.3, -0.25) is 4.79 Å². The summed E-state index contributed by atoms with van der Waals surface area (Å²) in [5, 5.41) is 6.77. The molecule has 22 heavy (non-hydrogen) atoms. The van der Waals surface area contributed by atoms with E-state index in [1.165, 1.54) is 16.6 Å². The zero-order valence-corrected chi connectivity index (χ0v) is 13.1. The lowest BCUT2D eigenvalue weighted by Gasteiger charge is -2.05. The van der Waals surface area contributed by atoms with Gasteiger partial charge in [0, 0.05) is 22.9 Å². The number of nitrogens with one attached hydrogen (secondary N) is 1. The second kappa shape index (κ2) is 5.80. The first kappa shape index (κ1) is 14.6. The molecule has 112 valence electrons. The predicted molar refractivity (Wildman–Crippen MR) is 80.8 cm³/mol. The number of hydrogen-bond donors (Lipinski definition) is 1. The van der Waals surface area contributed by atoms with Gasteiger partial charge in [0.25, 0.3) is 11.7 Å². The van der Waals surface area contributed by atoms with Crippen LogP contribution in [0.15, 0.2) is 34.9 Å². The molecule has 0 aliphatic carbocycles. The number of benzene rings is 1. The fourth-order valence-corrected chi connectivity index (χ4v) is 2.32. The van der Waals surface area contributed by atoms with E-state index < -0.39 is 5.91 Å². The number of aromatic nitrogens is 4. The van der Waals surface area contributed by atoms with Crippen LogP contribution < -0.4 is 5.32 Å². The van der Waals surface area contributed by atoms with Crippen molar-refractivity contribution < 1.29 is 9.18 Å². The summed E-state index contributed by atoms with van der Waals surface area (Å²) in [5.41, 5.74) is 1.45. The molecule has 0 saturated heterocycles. The lowest BCUT2D eigenvalue weighted by molar-refractivity contribution is 0.0940. The molecule has 1 N–H and O–H groups in total. The third-order valence-corrected chi connectivity index (χ3v) is 3.85. The van der Waals surface area contributed by atoms with Crippen molar-refractivity contribution in [1.82, 2.24) is 24.9 Å². The van der Waals surface area contributed by atoms with Crippen LogP contribution in [0, 0.1) is 12.7 Å². The highest BCUT2D eigenvalue weighted by atomic mass is 79.9. The zero-order valence-electron chi connectivity index (χ0n) is 11.5. The van der Waals surface area contributed by atoms with Crippen LogP contribution in [-0.4, -0.2) is 25.5 Å². The normalized spacial score (nSPS) is 10.9. The zero-order chi connectivity index (χ0) is 15.7. The molecular formula is C14H11BrFN5O. The highest BCUT2D eigenvalue weighted by molar-refractivity contribution is 9.10. The van der Waals surface area contributed by atoms with Gasteiger partial charge in [-0.15, -0.1) is 5.10 Å². The van der Waals surface area contributed by atoms with Crippen LogP contribution >= 0.6 is 15.9 Å². The molecule has 6 nitrogen and oxygen atoms in total. The molecule has 1 amide bonds. The number of aryl methyl sites for hydroxylation is 1. The topological polar surface area (TPSA) is 72.2 Å². The van der Waals surface area contributed by atoms with E-state index in [9.17, 15) is 9.18 Å². The Morgan fingerprint density at radius 2 is 2.23 bits per heavy atom. The van der Waals surface area contributed by atoms with E-state index in [1.54, 1.807) is 18.3 Å². The number of hydrogen-bond acceptors (Lipinski definition) is 4. The average molecular weight is 364 g/mol. The summed E-state index contributed by atoms with van der Waals surface area (Å²) in [5.74, 6) is -0.425. The first-order valence-corrected chi connectivity index (χ1v) is 7.24. The molecule has 3 rings (SSSR count). The summed E-state index contributed by atoms with van der Waals surface area (Å²) in [6.45, 7) is 2.01. The van der Waals surface area contributed by atoms with Gasteiger partial charge < -0.3 is 5.32 Å². The summed E-state index contributed by atoms with van der Waals surface area (Å²) in [6, 6.07) is 6.06. The molecule has 0 saturated carbocycles. The first-order valence-electron chi connectivity index (χ1n) is 6.45. The molecule has 0 radical (unpaired) electrons. The Kier molecular flexibility index (Phi) is 3.84. The summed E-state index contributed by atoms with van der Waals surface area (Å²) >= 11 is 3.31. The number of carbonyl (C=O) groups excluding carboxylic acids is 1. The van der Waals surface area contributed by atoms with Crippen molar-refractivity contribution in [3.63, 3.8) is 0 Å². The average Bonchev–Trinajstić information content (AvgIpc) is 2.93. The Bertz CT molecular complexity index is 864. The molecule has 3 aromatic rings. The Labute approximate surface area is 133 Å². The standard InChI is InChI=1S/C14H11BrFN5O/c1-8-4-5-17-14-19-12(20-21(8)14)13(22)18-7-9-6-10(16)2-3-11(9)15/h2-6H,7H2,1H3,(H,18,22). The van der Waals surface area contributed by atoms with Crippen molar-refractivity contribution >= 4 is 27.6 Å². The van der Waals surface area contributed by atoms with Gasteiger partial charge in [-0.1, -0.05) is 15.9 Å². The Morgan fingerprint density at radius 1 is 1.41 bits per heavy atom. The number of halogens is 2. The maximum atomic E-state index is 13.2. The van der Waals surface area contributed by atoms with Gasteiger partial charge in [-0.2, -0.15) is 4.98 Å². The summed E-state index contributed by atoms with van der Waals surface area (Å²) in [4.78, 5) is 20.2. The van der Waals surface area contributed by atoms with E-state index in [1.807, 2.05) is 6.92 Å². The van der Waals surface area contributed by atoms with Crippen LogP contribution in [0.2, 0.25) is 0 Å². The summed E-state index contributed by atoms with van der Waals surface area (Å²) in [7, 11) is 0. The highest BCUT2D eigenvalue weighted by Crippen LogP contribution is 2.17. The van der Waals surface area contributed by atoms with E-state index in [0.717, 1.165) is 10.2 Å². The monoisotopic (exact) mass is 363 g/mol. The van der Waals surface area contributed by atoms with Crippen molar-refractivity contribution in [3.05, 3.63) is 57.8 Å². The second-order valence-electron chi connectivity index (χ2n) is 4.65. The molecule has 1 aromatic carbocycles. The van der Waals surface area contributed by atoms with Gasteiger partial charge in [0.05, 0.1) is 0 Å². The first-order chi connectivity index (χ1) is 10.5. The minimum Gasteiger partial charge on any atom is -0.345 e. The number of carbonyl (C=O) groups is 1. The van der Waals surface area contributed by atoms with Crippen LogP contribution in [0.1, 0.15) is 21.9 Å². The lowest BCUT2D eigenvalue weighted by atomic mass is 10.2. The van der Waals surface area contributed by atoms with E-state index in [-0.39, 0.29) is 18.2 Å². The van der Waals surface area contributed by atoms with Gasteiger partial charge in [0.1, 0.15) is 5.82 Å². The third kappa shape index (κ3) is 2.82. The van der Waals surface area contributed by atoms with E-state index in [0.29, 0.717) is 11.3 Å². The molecule has 0 spiro atoms. The number of nitrogens with zero attached hydrogens (tertiary/aromatic N) is 4.